The van der Waals surface area contributed by atoms with E-state index in [1.807, 2.05) is 0 Å². The number of nitrogens with two attached hydrogens (primary N) is 1. The van der Waals surface area contributed by atoms with E-state index in [-0.39, 0.29) is 23.4 Å². The Labute approximate surface area is 173 Å². The molecular weight excluding hydrogens is 414 g/mol. The minimum atomic E-state index is -4.44. The predicted octanol–water partition coefficient (Wildman–Crippen LogP) is 4.13. The molecule has 0 aliphatic heterocycles. The first-order valence-electron chi connectivity index (χ1n) is 9.18. The number of hydrogen-bond donors (Lipinski definition) is 1. The van der Waals surface area contributed by atoms with E-state index in [2.05, 4.69) is 10.1 Å². The largest absolute Gasteiger partial charge is 0.416 e. The number of carbonyl (C=O) groups is 1. The van der Waals surface area contributed by atoms with E-state index in [1.165, 1.54) is 30.1 Å². The third kappa shape index (κ3) is 3.65. The SMILES string of the molecule is CN(Cc1ccc(C(F)(F)F)cc1)C(=O)c1cc2c(cc1F)nc(N)c1cnn(C)c12. The van der Waals surface area contributed by atoms with Crippen LogP contribution in [0.3, 0.4) is 0 Å². The second kappa shape index (κ2) is 7.22. The Morgan fingerprint density at radius 1 is 1.16 bits per heavy atom. The van der Waals surface area contributed by atoms with E-state index < -0.39 is 23.5 Å². The fourth-order valence-corrected chi connectivity index (χ4v) is 3.49. The van der Waals surface area contributed by atoms with Crippen molar-refractivity contribution in [3.8, 4) is 0 Å². The zero-order chi connectivity index (χ0) is 22.5. The van der Waals surface area contributed by atoms with E-state index >= 15 is 0 Å². The molecule has 0 spiro atoms. The van der Waals surface area contributed by atoms with Crippen LogP contribution in [0.4, 0.5) is 23.4 Å². The van der Waals surface area contributed by atoms with Crippen LogP contribution in [-0.4, -0.2) is 32.6 Å². The van der Waals surface area contributed by atoms with Crippen molar-refractivity contribution >= 4 is 33.5 Å². The second-order valence-electron chi connectivity index (χ2n) is 7.23. The molecule has 2 heterocycles. The van der Waals surface area contributed by atoms with Gasteiger partial charge < -0.3 is 10.6 Å². The molecule has 0 unspecified atom stereocenters. The molecule has 0 saturated heterocycles. The van der Waals surface area contributed by atoms with Crippen LogP contribution < -0.4 is 5.73 Å². The van der Waals surface area contributed by atoms with Crippen molar-refractivity contribution < 1.29 is 22.4 Å². The summed E-state index contributed by atoms with van der Waals surface area (Å²) < 4.78 is 54.5. The van der Waals surface area contributed by atoms with E-state index in [9.17, 15) is 22.4 Å². The first-order chi connectivity index (χ1) is 14.6. The zero-order valence-corrected chi connectivity index (χ0v) is 16.5. The fourth-order valence-electron chi connectivity index (χ4n) is 3.49. The van der Waals surface area contributed by atoms with Crippen LogP contribution in [0.15, 0.2) is 42.6 Å². The summed E-state index contributed by atoms with van der Waals surface area (Å²) in [4.78, 5) is 18.3. The van der Waals surface area contributed by atoms with Crippen molar-refractivity contribution in [1.29, 1.82) is 0 Å². The van der Waals surface area contributed by atoms with Gasteiger partial charge in [-0.3, -0.25) is 9.48 Å². The van der Waals surface area contributed by atoms with Gasteiger partial charge in [-0.25, -0.2) is 9.37 Å². The molecule has 0 fully saturated rings. The Kier molecular flexibility index (Phi) is 4.79. The number of amides is 1. The Morgan fingerprint density at radius 2 is 1.84 bits per heavy atom. The van der Waals surface area contributed by atoms with Gasteiger partial charge in [-0.1, -0.05) is 12.1 Å². The van der Waals surface area contributed by atoms with Gasteiger partial charge >= 0.3 is 6.18 Å². The number of alkyl halides is 3. The minimum absolute atomic E-state index is 0.00948. The Hall–Kier alpha value is -3.69. The molecule has 0 atom stereocenters. The third-order valence-electron chi connectivity index (χ3n) is 5.07. The average Bonchev–Trinajstić information content (AvgIpc) is 3.09. The maximum absolute atomic E-state index is 14.7. The van der Waals surface area contributed by atoms with E-state index in [1.54, 1.807) is 17.9 Å². The summed E-state index contributed by atoms with van der Waals surface area (Å²) in [5.74, 6) is -1.19. The highest BCUT2D eigenvalue weighted by Gasteiger charge is 2.30. The second-order valence-corrected chi connectivity index (χ2v) is 7.23. The lowest BCUT2D eigenvalue weighted by Gasteiger charge is -2.18. The molecule has 0 bridgehead atoms. The molecule has 0 saturated carbocycles. The number of rotatable bonds is 3. The normalized spacial score (nSPS) is 11.9. The number of halogens is 4. The van der Waals surface area contributed by atoms with Crippen LogP contribution in [0.2, 0.25) is 0 Å². The van der Waals surface area contributed by atoms with Crippen molar-refractivity contribution in [2.75, 3.05) is 12.8 Å². The number of pyridine rings is 1. The smallest absolute Gasteiger partial charge is 0.383 e. The van der Waals surface area contributed by atoms with Crippen molar-refractivity contribution in [2.45, 2.75) is 12.7 Å². The summed E-state index contributed by atoms with van der Waals surface area (Å²) >= 11 is 0. The highest BCUT2D eigenvalue weighted by Crippen LogP contribution is 2.31. The van der Waals surface area contributed by atoms with Gasteiger partial charge in [0.25, 0.3) is 5.91 Å². The molecule has 2 aromatic carbocycles. The molecule has 4 rings (SSSR count). The van der Waals surface area contributed by atoms with Crippen LogP contribution >= 0.6 is 0 Å². The third-order valence-corrected chi connectivity index (χ3v) is 5.07. The van der Waals surface area contributed by atoms with Crippen LogP contribution in [0.5, 0.6) is 0 Å². The summed E-state index contributed by atoms with van der Waals surface area (Å²) in [6, 6.07) is 6.99. The molecule has 0 aliphatic rings. The number of fused-ring (bicyclic) bond motifs is 3. The first kappa shape index (κ1) is 20.6. The monoisotopic (exact) mass is 431 g/mol. The lowest BCUT2D eigenvalue weighted by molar-refractivity contribution is -0.137. The number of aryl methyl sites for hydroxylation is 1. The van der Waals surface area contributed by atoms with Gasteiger partial charge in [0.2, 0.25) is 0 Å². The lowest BCUT2D eigenvalue weighted by atomic mass is 10.1. The molecule has 6 nitrogen and oxygen atoms in total. The molecule has 1 amide bonds. The molecule has 4 aromatic rings. The summed E-state index contributed by atoms with van der Waals surface area (Å²) in [5.41, 5.74) is 6.34. The topological polar surface area (TPSA) is 77.0 Å². The number of hydrogen-bond acceptors (Lipinski definition) is 4. The number of aromatic nitrogens is 3. The maximum atomic E-state index is 14.7. The Morgan fingerprint density at radius 3 is 2.48 bits per heavy atom. The quantitative estimate of drug-likeness (QED) is 0.495. The molecule has 31 heavy (non-hydrogen) atoms. The molecule has 2 N–H and O–H groups in total. The van der Waals surface area contributed by atoms with Gasteiger partial charge in [-0.05, 0) is 23.8 Å². The van der Waals surface area contributed by atoms with Crippen LogP contribution in [0, 0.1) is 5.82 Å². The van der Waals surface area contributed by atoms with Crippen molar-refractivity contribution in [2.24, 2.45) is 7.05 Å². The summed E-state index contributed by atoms with van der Waals surface area (Å²) in [5, 5.41) is 5.24. The lowest BCUT2D eigenvalue weighted by Crippen LogP contribution is -2.27. The summed E-state index contributed by atoms with van der Waals surface area (Å²) in [6.45, 7) is 0.00948. The molecule has 160 valence electrons. The maximum Gasteiger partial charge on any atom is 0.416 e. The van der Waals surface area contributed by atoms with Gasteiger partial charge in [0.15, 0.2) is 0 Å². The van der Waals surface area contributed by atoms with Crippen molar-refractivity contribution in [3.63, 3.8) is 0 Å². The predicted molar refractivity (Wildman–Crippen MR) is 108 cm³/mol. The van der Waals surface area contributed by atoms with Gasteiger partial charge in [0.1, 0.15) is 11.6 Å². The van der Waals surface area contributed by atoms with Gasteiger partial charge in [-0.2, -0.15) is 18.3 Å². The highest BCUT2D eigenvalue weighted by atomic mass is 19.4. The average molecular weight is 431 g/mol. The van der Waals surface area contributed by atoms with Gasteiger partial charge in [0, 0.05) is 32.1 Å². The molecule has 10 heteroatoms. The Bertz CT molecular complexity index is 1310. The van der Waals surface area contributed by atoms with E-state index in [4.69, 9.17) is 5.73 Å². The van der Waals surface area contributed by atoms with Crippen LogP contribution in [0.25, 0.3) is 21.8 Å². The molecule has 0 radical (unpaired) electrons. The number of nitrogen functional groups attached to an aromatic ring is 1. The molecule has 0 aliphatic carbocycles. The zero-order valence-electron chi connectivity index (χ0n) is 16.5. The molecule has 2 aromatic heterocycles. The van der Waals surface area contributed by atoms with Gasteiger partial charge in [-0.15, -0.1) is 0 Å². The standard InChI is InChI=1S/C21H17F4N5O/c1-29(10-11-3-5-12(6-4-11)21(23,24)25)20(31)13-7-14-17(8-16(13)22)28-19(26)15-9-27-30(2)18(14)15/h3-9H,10H2,1-2H3,(H2,26,28). The number of anilines is 1. The number of carbonyl (C=O) groups excluding carboxylic acids is 1. The number of nitrogens with zero attached hydrogens (tertiary/aromatic N) is 4. The van der Waals surface area contributed by atoms with Gasteiger partial charge in [0.05, 0.1) is 33.7 Å². The fraction of sp³-hybridized carbons (Fsp3) is 0.190. The molecular formula is C21H17F4N5O. The highest BCUT2D eigenvalue weighted by molar-refractivity contribution is 6.10. The summed E-state index contributed by atoms with van der Waals surface area (Å²) in [6.07, 6.45) is -2.90. The van der Waals surface area contributed by atoms with E-state index in [0.717, 1.165) is 18.2 Å². The number of benzene rings is 2. The first-order valence-corrected chi connectivity index (χ1v) is 9.18. The Balaban J connectivity index is 1.68. The van der Waals surface area contributed by atoms with Crippen LogP contribution in [-0.2, 0) is 19.8 Å². The van der Waals surface area contributed by atoms with Crippen molar-refractivity contribution in [3.05, 3.63) is 65.1 Å². The van der Waals surface area contributed by atoms with Crippen LogP contribution in [0.1, 0.15) is 21.5 Å². The summed E-state index contributed by atoms with van der Waals surface area (Å²) in [7, 11) is 3.15. The van der Waals surface area contributed by atoms with Crippen molar-refractivity contribution in [1.82, 2.24) is 19.7 Å². The minimum Gasteiger partial charge on any atom is -0.383 e. The van der Waals surface area contributed by atoms with E-state index in [0.29, 0.717) is 21.9 Å².